The second-order valence-corrected chi connectivity index (χ2v) is 6.89. The molecule has 0 aliphatic rings. The zero-order chi connectivity index (χ0) is 17.7. The second-order valence-electron chi connectivity index (χ2n) is 6.89. The van der Waals surface area contributed by atoms with Gasteiger partial charge < -0.3 is 0 Å². The molecular weight excluding hydrogens is 288 g/mol. The van der Waals surface area contributed by atoms with Gasteiger partial charge >= 0.3 is 0 Å². The number of benzene rings is 2. The van der Waals surface area contributed by atoms with Crippen LogP contribution in [0.1, 0.15) is 64.0 Å². The lowest BCUT2D eigenvalue weighted by Gasteiger charge is -2.22. The van der Waals surface area contributed by atoms with Gasteiger partial charge in [-0.05, 0) is 48.1 Å². The topological polar surface area (TPSA) is 0 Å². The van der Waals surface area contributed by atoms with Gasteiger partial charge in [0.05, 0.1) is 0 Å². The van der Waals surface area contributed by atoms with E-state index in [-0.39, 0.29) is 0 Å². The fraction of sp³-hybridized carbons (Fsp3) is 0.333. The van der Waals surface area contributed by atoms with Crippen LogP contribution in [-0.4, -0.2) is 0 Å². The monoisotopic (exact) mass is 318 g/mol. The quantitative estimate of drug-likeness (QED) is 0.483. The van der Waals surface area contributed by atoms with Gasteiger partial charge in [-0.3, -0.25) is 0 Å². The van der Waals surface area contributed by atoms with Crippen molar-refractivity contribution >= 4 is 10.8 Å². The van der Waals surface area contributed by atoms with Gasteiger partial charge in [0, 0.05) is 5.92 Å². The Kier molecular flexibility index (Phi) is 6.20. The van der Waals surface area contributed by atoms with Crippen molar-refractivity contribution in [2.24, 2.45) is 0 Å². The molecule has 0 heterocycles. The zero-order valence-electron chi connectivity index (χ0n) is 15.8. The zero-order valence-corrected chi connectivity index (χ0v) is 15.8. The van der Waals surface area contributed by atoms with Crippen molar-refractivity contribution in [3.8, 4) is 0 Å². The number of allylic oxidation sites excluding steroid dienone is 5. The third-order valence-electron chi connectivity index (χ3n) is 5.08. The molecular formula is C24H30. The molecule has 126 valence electrons. The summed E-state index contributed by atoms with van der Waals surface area (Å²) < 4.78 is 0. The van der Waals surface area contributed by atoms with E-state index in [9.17, 15) is 0 Å². The van der Waals surface area contributed by atoms with Crippen molar-refractivity contribution < 1.29 is 0 Å². The predicted molar refractivity (Wildman–Crippen MR) is 109 cm³/mol. The highest BCUT2D eigenvalue weighted by Gasteiger charge is 2.17. The molecule has 0 nitrogen and oxygen atoms in total. The summed E-state index contributed by atoms with van der Waals surface area (Å²) in [6, 6.07) is 13.5. The summed E-state index contributed by atoms with van der Waals surface area (Å²) in [5, 5.41) is 2.67. The molecule has 0 N–H and O–H groups in total. The van der Waals surface area contributed by atoms with Gasteiger partial charge in [0.15, 0.2) is 0 Å². The SMILES string of the molecule is C=C/C=C(C)\C=C(/C)C(C)c1cc2ccccc2cc1C(C)CC. The lowest BCUT2D eigenvalue weighted by molar-refractivity contribution is 0.713. The van der Waals surface area contributed by atoms with E-state index in [2.05, 4.69) is 89.7 Å². The van der Waals surface area contributed by atoms with Crippen LogP contribution in [0, 0.1) is 0 Å². The van der Waals surface area contributed by atoms with Crippen molar-refractivity contribution in [3.05, 3.63) is 83.5 Å². The predicted octanol–water partition coefficient (Wildman–Crippen LogP) is 7.54. The Morgan fingerprint density at radius 2 is 1.62 bits per heavy atom. The first kappa shape index (κ1) is 18.3. The van der Waals surface area contributed by atoms with Gasteiger partial charge in [0.1, 0.15) is 0 Å². The molecule has 0 heteroatoms. The van der Waals surface area contributed by atoms with E-state index in [1.807, 2.05) is 6.08 Å². The summed E-state index contributed by atoms with van der Waals surface area (Å²) in [5.41, 5.74) is 5.59. The molecule has 0 aliphatic heterocycles. The molecule has 0 saturated carbocycles. The maximum absolute atomic E-state index is 3.79. The van der Waals surface area contributed by atoms with E-state index in [0.717, 1.165) is 6.42 Å². The molecule has 2 aromatic carbocycles. The highest BCUT2D eigenvalue weighted by atomic mass is 14.2. The Balaban J connectivity index is 2.56. The van der Waals surface area contributed by atoms with Gasteiger partial charge in [-0.2, -0.15) is 0 Å². The average Bonchev–Trinajstić information content (AvgIpc) is 2.59. The van der Waals surface area contributed by atoms with Crippen LogP contribution in [-0.2, 0) is 0 Å². The number of hydrogen-bond donors (Lipinski definition) is 0. The summed E-state index contributed by atoms with van der Waals surface area (Å²) in [5.74, 6) is 0.983. The summed E-state index contributed by atoms with van der Waals surface area (Å²) in [6.07, 6.45) is 7.36. The van der Waals surface area contributed by atoms with E-state index >= 15 is 0 Å². The summed E-state index contributed by atoms with van der Waals surface area (Å²) in [6.45, 7) is 15.1. The summed E-state index contributed by atoms with van der Waals surface area (Å²) >= 11 is 0. The number of fused-ring (bicyclic) bond motifs is 1. The van der Waals surface area contributed by atoms with Gasteiger partial charge in [-0.1, -0.05) is 93.1 Å². The molecule has 24 heavy (non-hydrogen) atoms. The molecule has 0 bridgehead atoms. The van der Waals surface area contributed by atoms with E-state index in [0.29, 0.717) is 11.8 Å². The summed E-state index contributed by atoms with van der Waals surface area (Å²) in [7, 11) is 0. The minimum absolute atomic E-state index is 0.409. The molecule has 2 unspecified atom stereocenters. The van der Waals surface area contributed by atoms with E-state index in [1.165, 1.54) is 33.0 Å². The molecule has 2 atom stereocenters. The minimum atomic E-state index is 0.409. The molecule has 0 amide bonds. The van der Waals surface area contributed by atoms with Gasteiger partial charge in [-0.15, -0.1) is 0 Å². The second kappa shape index (κ2) is 8.15. The fourth-order valence-electron chi connectivity index (χ4n) is 3.26. The van der Waals surface area contributed by atoms with Crippen LogP contribution in [0.15, 0.2) is 72.4 Å². The van der Waals surface area contributed by atoms with E-state index in [4.69, 9.17) is 0 Å². The first-order valence-corrected chi connectivity index (χ1v) is 8.98. The first-order valence-electron chi connectivity index (χ1n) is 8.98. The number of rotatable bonds is 6. The fourth-order valence-corrected chi connectivity index (χ4v) is 3.26. The minimum Gasteiger partial charge on any atom is -0.0991 e. The number of hydrogen-bond acceptors (Lipinski definition) is 0. The standard InChI is InChI=1S/C24H30/c1-7-11-17(3)14-19(5)20(6)24-16-22-13-10-9-12-21(22)15-23(24)18(4)8-2/h7,9-16,18,20H,1,8H2,2-6H3/b17-11-,19-14+. The van der Waals surface area contributed by atoms with Crippen LogP contribution in [0.25, 0.3) is 10.8 Å². The molecule has 0 aromatic heterocycles. The highest BCUT2D eigenvalue weighted by Crippen LogP contribution is 2.35. The molecule has 0 aliphatic carbocycles. The van der Waals surface area contributed by atoms with Crippen LogP contribution in [0.2, 0.25) is 0 Å². The van der Waals surface area contributed by atoms with Crippen molar-refractivity contribution in [3.63, 3.8) is 0 Å². The molecule has 2 rings (SSSR count). The van der Waals surface area contributed by atoms with Crippen molar-refractivity contribution in [1.29, 1.82) is 0 Å². The Morgan fingerprint density at radius 3 is 2.17 bits per heavy atom. The molecule has 0 saturated heterocycles. The molecule has 2 aromatic rings. The third kappa shape index (κ3) is 4.06. The molecule has 0 radical (unpaired) electrons. The van der Waals surface area contributed by atoms with Gasteiger partial charge in [-0.25, -0.2) is 0 Å². The third-order valence-corrected chi connectivity index (χ3v) is 5.08. The largest absolute Gasteiger partial charge is 0.0991 e. The Bertz CT molecular complexity index is 774. The first-order chi connectivity index (χ1) is 11.5. The lowest BCUT2D eigenvalue weighted by Crippen LogP contribution is -2.04. The smallest absolute Gasteiger partial charge is 0.00233 e. The Morgan fingerprint density at radius 1 is 1.04 bits per heavy atom. The van der Waals surface area contributed by atoms with E-state index < -0.39 is 0 Å². The maximum atomic E-state index is 3.79. The Labute approximate surface area is 147 Å². The van der Waals surface area contributed by atoms with Gasteiger partial charge in [0.2, 0.25) is 0 Å². The summed E-state index contributed by atoms with van der Waals surface area (Å²) in [4.78, 5) is 0. The van der Waals surface area contributed by atoms with Crippen LogP contribution < -0.4 is 0 Å². The maximum Gasteiger partial charge on any atom is 0.00233 e. The van der Waals surface area contributed by atoms with Gasteiger partial charge in [0.25, 0.3) is 0 Å². The van der Waals surface area contributed by atoms with Crippen LogP contribution in [0.3, 0.4) is 0 Å². The molecule has 0 spiro atoms. The van der Waals surface area contributed by atoms with Crippen LogP contribution >= 0.6 is 0 Å². The van der Waals surface area contributed by atoms with E-state index in [1.54, 1.807) is 0 Å². The Hall–Kier alpha value is -2.08. The van der Waals surface area contributed by atoms with Crippen molar-refractivity contribution in [2.75, 3.05) is 0 Å². The lowest BCUT2D eigenvalue weighted by atomic mass is 9.82. The highest BCUT2D eigenvalue weighted by molar-refractivity contribution is 5.84. The van der Waals surface area contributed by atoms with Crippen LogP contribution in [0.5, 0.6) is 0 Å². The normalized spacial score (nSPS) is 15.4. The van der Waals surface area contributed by atoms with Crippen molar-refractivity contribution in [1.82, 2.24) is 0 Å². The van der Waals surface area contributed by atoms with Crippen LogP contribution in [0.4, 0.5) is 0 Å². The van der Waals surface area contributed by atoms with Crippen molar-refractivity contribution in [2.45, 2.75) is 52.9 Å². The molecule has 0 fully saturated rings. The average molecular weight is 319 g/mol.